The van der Waals surface area contributed by atoms with Crippen LogP contribution in [0.5, 0.6) is 5.75 Å². The number of guanidine groups is 1. The Kier molecular flexibility index (Phi) is 6.25. The fourth-order valence-electron chi connectivity index (χ4n) is 1.68. The van der Waals surface area contributed by atoms with Crippen molar-refractivity contribution >= 4 is 47.4 Å². The summed E-state index contributed by atoms with van der Waals surface area (Å²) in [6, 6.07) is 7.64. The molecule has 1 aromatic rings. The van der Waals surface area contributed by atoms with Gasteiger partial charge < -0.3 is 15.8 Å². The van der Waals surface area contributed by atoms with E-state index >= 15 is 0 Å². The second-order valence-corrected chi connectivity index (χ2v) is 5.72. The standard InChI is InChI=1S/C13H19N3OS.HI/c1-17-11-5-3-4-10(8-11)16-12(14)15-9-13(18-2)6-7-13;/h3-5,8H,6-7,9H2,1-2H3,(H3,14,15,16);1H. The molecule has 0 unspecified atom stereocenters. The molecule has 1 aliphatic carbocycles. The Morgan fingerprint density at radius 1 is 1.53 bits per heavy atom. The Labute approximate surface area is 135 Å². The average molecular weight is 393 g/mol. The van der Waals surface area contributed by atoms with Gasteiger partial charge in [-0.25, -0.2) is 0 Å². The molecule has 0 atom stereocenters. The van der Waals surface area contributed by atoms with Gasteiger partial charge in [-0.05, 0) is 31.2 Å². The molecule has 4 nitrogen and oxygen atoms in total. The number of hydrogen-bond donors (Lipinski definition) is 2. The summed E-state index contributed by atoms with van der Waals surface area (Å²) in [4.78, 5) is 4.40. The number of hydrogen-bond acceptors (Lipinski definition) is 3. The highest BCUT2D eigenvalue weighted by molar-refractivity contribution is 14.0. The fourth-order valence-corrected chi connectivity index (χ4v) is 2.39. The van der Waals surface area contributed by atoms with Crippen LogP contribution in [0.2, 0.25) is 0 Å². The van der Waals surface area contributed by atoms with Crippen LogP contribution in [0, 0.1) is 0 Å². The number of methoxy groups -OCH3 is 1. The normalized spacial score (nSPS) is 16.4. The van der Waals surface area contributed by atoms with E-state index in [1.165, 1.54) is 12.8 Å². The van der Waals surface area contributed by atoms with Gasteiger partial charge in [0.05, 0.1) is 13.7 Å². The van der Waals surface area contributed by atoms with Crippen LogP contribution < -0.4 is 15.8 Å². The predicted molar refractivity (Wildman–Crippen MR) is 94.0 cm³/mol. The molecule has 1 aromatic carbocycles. The van der Waals surface area contributed by atoms with Gasteiger partial charge in [-0.15, -0.1) is 24.0 Å². The van der Waals surface area contributed by atoms with Crippen molar-refractivity contribution in [2.75, 3.05) is 25.2 Å². The largest absolute Gasteiger partial charge is 0.497 e. The molecule has 3 N–H and O–H groups in total. The summed E-state index contributed by atoms with van der Waals surface area (Å²) >= 11 is 1.88. The maximum absolute atomic E-state index is 5.88. The first-order valence-electron chi connectivity index (χ1n) is 5.94. The van der Waals surface area contributed by atoms with Crippen molar-refractivity contribution < 1.29 is 4.74 Å². The zero-order valence-electron chi connectivity index (χ0n) is 11.2. The van der Waals surface area contributed by atoms with Crippen LogP contribution >= 0.6 is 35.7 Å². The third-order valence-electron chi connectivity index (χ3n) is 3.12. The number of rotatable bonds is 5. The molecule has 106 valence electrons. The first-order chi connectivity index (χ1) is 8.67. The summed E-state index contributed by atoms with van der Waals surface area (Å²) in [5.74, 6) is 1.26. The second kappa shape index (κ2) is 7.23. The van der Waals surface area contributed by atoms with E-state index in [4.69, 9.17) is 10.5 Å². The van der Waals surface area contributed by atoms with Gasteiger partial charge in [-0.3, -0.25) is 4.99 Å². The van der Waals surface area contributed by atoms with Crippen LogP contribution in [-0.2, 0) is 0 Å². The molecule has 1 fully saturated rings. The van der Waals surface area contributed by atoms with Crippen LogP contribution in [0.1, 0.15) is 12.8 Å². The lowest BCUT2D eigenvalue weighted by molar-refractivity contribution is 0.415. The zero-order valence-corrected chi connectivity index (χ0v) is 14.3. The molecular weight excluding hydrogens is 373 g/mol. The van der Waals surface area contributed by atoms with Crippen LogP contribution in [0.4, 0.5) is 5.69 Å². The van der Waals surface area contributed by atoms with Crippen LogP contribution in [0.15, 0.2) is 29.3 Å². The predicted octanol–water partition coefficient (Wildman–Crippen LogP) is 2.94. The van der Waals surface area contributed by atoms with Gasteiger partial charge in [0.15, 0.2) is 5.96 Å². The van der Waals surface area contributed by atoms with Crippen molar-refractivity contribution in [2.45, 2.75) is 17.6 Å². The lowest BCUT2D eigenvalue weighted by Gasteiger charge is -2.10. The topological polar surface area (TPSA) is 59.6 Å². The number of anilines is 1. The number of benzene rings is 1. The quantitative estimate of drug-likeness (QED) is 0.459. The summed E-state index contributed by atoms with van der Waals surface area (Å²) in [5, 5.41) is 3.08. The molecule has 0 radical (unpaired) electrons. The number of halogens is 1. The Hall–Kier alpha value is -0.630. The molecule has 1 saturated carbocycles. The van der Waals surface area contributed by atoms with Crippen molar-refractivity contribution in [2.24, 2.45) is 10.7 Å². The Bertz CT molecular complexity index is 449. The summed E-state index contributed by atoms with van der Waals surface area (Å²) in [6.45, 7) is 0.789. The minimum atomic E-state index is 0. The summed E-state index contributed by atoms with van der Waals surface area (Å²) in [7, 11) is 1.64. The van der Waals surface area contributed by atoms with Crippen molar-refractivity contribution in [3.63, 3.8) is 0 Å². The molecule has 2 rings (SSSR count). The lowest BCUT2D eigenvalue weighted by atomic mass is 10.3. The summed E-state index contributed by atoms with van der Waals surface area (Å²) in [5.41, 5.74) is 6.77. The third kappa shape index (κ3) is 4.76. The Balaban J connectivity index is 0.00000180. The van der Waals surface area contributed by atoms with E-state index in [9.17, 15) is 0 Å². The highest BCUT2D eigenvalue weighted by Gasteiger charge is 2.41. The molecule has 1 aliphatic rings. The summed E-state index contributed by atoms with van der Waals surface area (Å²) in [6.07, 6.45) is 4.61. The Morgan fingerprint density at radius 2 is 2.26 bits per heavy atom. The number of nitrogens with zero attached hydrogens (tertiary/aromatic N) is 1. The third-order valence-corrected chi connectivity index (χ3v) is 4.52. The molecule has 0 bridgehead atoms. The highest BCUT2D eigenvalue weighted by atomic mass is 127. The number of aliphatic imine (C=N–C) groups is 1. The average Bonchev–Trinajstić information content (AvgIpc) is 3.17. The smallest absolute Gasteiger partial charge is 0.193 e. The van der Waals surface area contributed by atoms with E-state index in [0.29, 0.717) is 10.7 Å². The molecule has 0 aliphatic heterocycles. The zero-order chi connectivity index (χ0) is 13.0. The lowest BCUT2D eigenvalue weighted by Crippen LogP contribution is -2.24. The van der Waals surface area contributed by atoms with Gasteiger partial charge in [0.25, 0.3) is 0 Å². The van der Waals surface area contributed by atoms with E-state index in [1.807, 2.05) is 36.0 Å². The maximum atomic E-state index is 5.88. The minimum absolute atomic E-state index is 0. The van der Waals surface area contributed by atoms with E-state index < -0.39 is 0 Å². The van der Waals surface area contributed by atoms with Gasteiger partial charge in [0.1, 0.15) is 5.75 Å². The molecule has 6 heteroatoms. The fraction of sp³-hybridized carbons (Fsp3) is 0.462. The molecule has 0 amide bonds. The van der Waals surface area contributed by atoms with Gasteiger partial charge in [0, 0.05) is 16.5 Å². The Morgan fingerprint density at radius 3 is 2.84 bits per heavy atom. The van der Waals surface area contributed by atoms with E-state index in [1.54, 1.807) is 7.11 Å². The maximum Gasteiger partial charge on any atom is 0.193 e. The highest BCUT2D eigenvalue weighted by Crippen LogP contribution is 2.47. The molecule has 0 aromatic heterocycles. The second-order valence-electron chi connectivity index (χ2n) is 4.45. The number of nitrogens with two attached hydrogens (primary N) is 1. The van der Waals surface area contributed by atoms with E-state index in [2.05, 4.69) is 16.6 Å². The van der Waals surface area contributed by atoms with Crippen LogP contribution in [0.3, 0.4) is 0 Å². The van der Waals surface area contributed by atoms with E-state index in [-0.39, 0.29) is 24.0 Å². The molecule has 0 heterocycles. The van der Waals surface area contributed by atoms with Crippen molar-refractivity contribution in [1.82, 2.24) is 0 Å². The minimum Gasteiger partial charge on any atom is -0.497 e. The van der Waals surface area contributed by atoms with Crippen molar-refractivity contribution in [3.05, 3.63) is 24.3 Å². The van der Waals surface area contributed by atoms with E-state index in [0.717, 1.165) is 18.0 Å². The summed E-state index contributed by atoms with van der Waals surface area (Å²) < 4.78 is 5.50. The first-order valence-corrected chi connectivity index (χ1v) is 7.16. The number of thioether (sulfide) groups is 1. The molecular formula is C13H20IN3OS. The van der Waals surface area contributed by atoms with Crippen LogP contribution in [-0.4, -0.2) is 30.6 Å². The van der Waals surface area contributed by atoms with Gasteiger partial charge in [0.2, 0.25) is 0 Å². The van der Waals surface area contributed by atoms with Crippen molar-refractivity contribution in [1.29, 1.82) is 0 Å². The molecule has 0 saturated heterocycles. The first kappa shape index (κ1) is 16.4. The molecule has 0 spiro atoms. The monoisotopic (exact) mass is 393 g/mol. The SMILES string of the molecule is COc1cccc(NC(N)=NCC2(SC)CC2)c1.I. The number of nitrogens with one attached hydrogen (secondary N) is 1. The van der Waals surface area contributed by atoms with Crippen molar-refractivity contribution in [3.8, 4) is 5.75 Å². The molecule has 19 heavy (non-hydrogen) atoms. The van der Waals surface area contributed by atoms with Gasteiger partial charge in [-0.2, -0.15) is 11.8 Å². The van der Waals surface area contributed by atoms with Crippen LogP contribution in [0.25, 0.3) is 0 Å². The van der Waals surface area contributed by atoms with Gasteiger partial charge in [-0.1, -0.05) is 6.07 Å². The van der Waals surface area contributed by atoms with Gasteiger partial charge >= 0.3 is 0 Å². The number of ether oxygens (including phenoxy) is 1.